The molecule has 0 aliphatic carbocycles. The Bertz CT molecular complexity index is 925. The van der Waals surface area contributed by atoms with Crippen molar-refractivity contribution in [1.29, 1.82) is 0 Å². The second kappa shape index (κ2) is 10.3. The minimum atomic E-state index is -3.51. The molecule has 2 aromatic rings. The number of hydrogen-bond donors (Lipinski definition) is 2. The largest absolute Gasteiger partial charge is 0.497 e. The molecule has 7 nitrogen and oxygen atoms in total. The third kappa shape index (κ3) is 6.76. The van der Waals surface area contributed by atoms with E-state index in [1.165, 1.54) is 7.11 Å². The lowest BCUT2D eigenvalue weighted by atomic mass is 10.1. The SMILES string of the molecule is COc1ccc(OC)c(NC(=O)CCc2ccc(S(=O)(=O)NCC(C)C)cc2)c1. The summed E-state index contributed by atoms with van der Waals surface area (Å²) in [7, 11) is -0.431. The molecule has 2 aromatic carbocycles. The maximum atomic E-state index is 12.3. The minimum absolute atomic E-state index is 0.174. The van der Waals surface area contributed by atoms with Crippen molar-refractivity contribution in [2.45, 2.75) is 31.6 Å². The Morgan fingerprint density at radius 2 is 1.72 bits per heavy atom. The Morgan fingerprint density at radius 3 is 2.31 bits per heavy atom. The second-order valence-electron chi connectivity index (χ2n) is 7.00. The molecule has 0 spiro atoms. The van der Waals surface area contributed by atoms with Crippen LogP contribution in [0.25, 0.3) is 0 Å². The summed E-state index contributed by atoms with van der Waals surface area (Å²) >= 11 is 0. The Labute approximate surface area is 172 Å². The lowest BCUT2D eigenvalue weighted by molar-refractivity contribution is -0.116. The zero-order valence-corrected chi connectivity index (χ0v) is 18.0. The molecule has 158 valence electrons. The van der Waals surface area contributed by atoms with Gasteiger partial charge in [-0.15, -0.1) is 0 Å². The quantitative estimate of drug-likeness (QED) is 0.616. The van der Waals surface area contributed by atoms with Crippen molar-refractivity contribution in [2.75, 3.05) is 26.1 Å². The number of sulfonamides is 1. The van der Waals surface area contributed by atoms with Gasteiger partial charge in [0, 0.05) is 19.0 Å². The Hall–Kier alpha value is -2.58. The smallest absolute Gasteiger partial charge is 0.240 e. The molecule has 0 saturated heterocycles. The highest BCUT2D eigenvalue weighted by Gasteiger charge is 2.14. The molecule has 29 heavy (non-hydrogen) atoms. The zero-order chi connectivity index (χ0) is 21.4. The summed E-state index contributed by atoms with van der Waals surface area (Å²) in [6.45, 7) is 4.27. The predicted octanol–water partition coefficient (Wildman–Crippen LogP) is 3.21. The fraction of sp³-hybridized carbons (Fsp3) is 0.381. The summed E-state index contributed by atoms with van der Waals surface area (Å²) < 4.78 is 37.5. The number of benzene rings is 2. The molecule has 0 heterocycles. The first kappa shape index (κ1) is 22.7. The normalized spacial score (nSPS) is 11.3. The van der Waals surface area contributed by atoms with E-state index < -0.39 is 10.0 Å². The van der Waals surface area contributed by atoms with Crippen LogP contribution in [-0.2, 0) is 21.2 Å². The van der Waals surface area contributed by atoms with E-state index in [0.29, 0.717) is 30.2 Å². The molecule has 0 saturated carbocycles. The number of nitrogens with one attached hydrogen (secondary N) is 2. The van der Waals surface area contributed by atoms with Crippen molar-refractivity contribution in [3.05, 3.63) is 48.0 Å². The maximum Gasteiger partial charge on any atom is 0.240 e. The number of rotatable bonds is 10. The highest BCUT2D eigenvalue weighted by atomic mass is 32.2. The van der Waals surface area contributed by atoms with Crippen LogP contribution in [-0.4, -0.2) is 35.1 Å². The number of hydrogen-bond acceptors (Lipinski definition) is 5. The van der Waals surface area contributed by atoms with Gasteiger partial charge < -0.3 is 14.8 Å². The number of methoxy groups -OCH3 is 2. The van der Waals surface area contributed by atoms with E-state index in [-0.39, 0.29) is 23.1 Å². The molecule has 8 heteroatoms. The molecule has 0 aliphatic heterocycles. The van der Waals surface area contributed by atoms with Gasteiger partial charge in [0.05, 0.1) is 24.8 Å². The van der Waals surface area contributed by atoms with Gasteiger partial charge in [-0.05, 0) is 42.2 Å². The van der Waals surface area contributed by atoms with Crippen LogP contribution < -0.4 is 19.5 Å². The molecule has 0 unspecified atom stereocenters. The van der Waals surface area contributed by atoms with Gasteiger partial charge in [0.2, 0.25) is 15.9 Å². The minimum Gasteiger partial charge on any atom is -0.497 e. The number of carbonyl (C=O) groups is 1. The molecule has 1 amide bonds. The van der Waals surface area contributed by atoms with Crippen LogP contribution >= 0.6 is 0 Å². The van der Waals surface area contributed by atoms with E-state index in [2.05, 4.69) is 10.0 Å². The van der Waals surface area contributed by atoms with Crippen molar-refractivity contribution >= 4 is 21.6 Å². The summed E-state index contributed by atoms with van der Waals surface area (Å²) in [6, 6.07) is 11.7. The van der Waals surface area contributed by atoms with Crippen LogP contribution in [0.2, 0.25) is 0 Å². The molecular weight excluding hydrogens is 392 g/mol. The standard InChI is InChI=1S/C21H28N2O5S/c1-15(2)14-22-29(25,26)18-9-5-16(6-10-18)7-12-21(24)23-19-13-17(27-3)8-11-20(19)28-4/h5-6,8-11,13,15,22H,7,12,14H2,1-4H3,(H,23,24). The monoisotopic (exact) mass is 420 g/mol. The Balaban J connectivity index is 1.96. The molecule has 2 N–H and O–H groups in total. The van der Waals surface area contributed by atoms with Gasteiger partial charge in [-0.1, -0.05) is 26.0 Å². The molecule has 0 radical (unpaired) electrons. The van der Waals surface area contributed by atoms with E-state index in [4.69, 9.17) is 9.47 Å². The Morgan fingerprint density at radius 1 is 1.03 bits per heavy atom. The highest BCUT2D eigenvalue weighted by Crippen LogP contribution is 2.29. The lowest BCUT2D eigenvalue weighted by Crippen LogP contribution is -2.27. The van der Waals surface area contributed by atoms with E-state index in [1.807, 2.05) is 13.8 Å². The fourth-order valence-electron chi connectivity index (χ4n) is 2.58. The third-order valence-corrected chi connectivity index (χ3v) is 5.68. The second-order valence-corrected chi connectivity index (χ2v) is 8.77. The van der Waals surface area contributed by atoms with Crippen LogP contribution in [0.15, 0.2) is 47.4 Å². The Kier molecular flexibility index (Phi) is 8.04. The third-order valence-electron chi connectivity index (χ3n) is 4.24. The topological polar surface area (TPSA) is 93.7 Å². The van der Waals surface area contributed by atoms with Crippen molar-refractivity contribution < 1.29 is 22.7 Å². The summed E-state index contributed by atoms with van der Waals surface area (Å²) in [5.41, 5.74) is 1.41. The van der Waals surface area contributed by atoms with Crippen LogP contribution in [0.5, 0.6) is 11.5 Å². The molecule has 0 atom stereocenters. The van der Waals surface area contributed by atoms with Crippen LogP contribution in [0, 0.1) is 5.92 Å². The summed E-state index contributed by atoms with van der Waals surface area (Å²) in [5.74, 6) is 1.21. The van der Waals surface area contributed by atoms with Gasteiger partial charge >= 0.3 is 0 Å². The number of carbonyl (C=O) groups excluding carboxylic acids is 1. The van der Waals surface area contributed by atoms with E-state index in [1.54, 1.807) is 49.6 Å². The summed E-state index contributed by atoms with van der Waals surface area (Å²) in [4.78, 5) is 12.5. The molecule has 2 rings (SSSR count). The molecule has 0 fully saturated rings. The van der Waals surface area contributed by atoms with E-state index in [9.17, 15) is 13.2 Å². The van der Waals surface area contributed by atoms with Crippen molar-refractivity contribution in [1.82, 2.24) is 4.72 Å². The molecule has 0 aliphatic rings. The first-order valence-electron chi connectivity index (χ1n) is 9.35. The van der Waals surface area contributed by atoms with Gasteiger partial charge in [-0.2, -0.15) is 0 Å². The average molecular weight is 421 g/mol. The fourth-order valence-corrected chi connectivity index (χ4v) is 3.79. The number of amides is 1. The number of aryl methyl sites for hydroxylation is 1. The van der Waals surface area contributed by atoms with Crippen LogP contribution in [0.3, 0.4) is 0 Å². The first-order valence-corrected chi connectivity index (χ1v) is 10.8. The van der Waals surface area contributed by atoms with Crippen molar-refractivity contribution in [3.8, 4) is 11.5 Å². The maximum absolute atomic E-state index is 12.3. The summed E-state index contributed by atoms with van der Waals surface area (Å²) in [5, 5.41) is 2.82. The van der Waals surface area contributed by atoms with Crippen LogP contribution in [0.4, 0.5) is 5.69 Å². The molecule has 0 bridgehead atoms. The van der Waals surface area contributed by atoms with Gasteiger partial charge in [0.25, 0.3) is 0 Å². The van der Waals surface area contributed by atoms with E-state index >= 15 is 0 Å². The number of ether oxygens (including phenoxy) is 2. The molecule has 0 aromatic heterocycles. The highest BCUT2D eigenvalue weighted by molar-refractivity contribution is 7.89. The predicted molar refractivity (Wildman–Crippen MR) is 113 cm³/mol. The lowest BCUT2D eigenvalue weighted by Gasteiger charge is -2.12. The zero-order valence-electron chi connectivity index (χ0n) is 17.2. The summed E-state index contributed by atoms with van der Waals surface area (Å²) in [6.07, 6.45) is 0.732. The molecular formula is C21H28N2O5S. The first-order chi connectivity index (χ1) is 13.7. The van der Waals surface area contributed by atoms with Crippen LogP contribution in [0.1, 0.15) is 25.8 Å². The van der Waals surface area contributed by atoms with Gasteiger partial charge in [0.15, 0.2) is 0 Å². The average Bonchev–Trinajstić information content (AvgIpc) is 2.71. The van der Waals surface area contributed by atoms with Gasteiger partial charge in [-0.25, -0.2) is 13.1 Å². The van der Waals surface area contributed by atoms with Gasteiger partial charge in [0.1, 0.15) is 11.5 Å². The van der Waals surface area contributed by atoms with Crippen molar-refractivity contribution in [2.24, 2.45) is 5.92 Å². The number of anilines is 1. The van der Waals surface area contributed by atoms with E-state index in [0.717, 1.165) is 5.56 Å². The van der Waals surface area contributed by atoms with Crippen molar-refractivity contribution in [3.63, 3.8) is 0 Å². The van der Waals surface area contributed by atoms with Gasteiger partial charge in [-0.3, -0.25) is 4.79 Å².